The van der Waals surface area contributed by atoms with Crippen LogP contribution in [0.25, 0.3) is 0 Å². The van der Waals surface area contributed by atoms with E-state index >= 15 is 0 Å². The third-order valence-electron chi connectivity index (χ3n) is 3.16. The molecular formula is C12H17BrN2OS. The van der Waals surface area contributed by atoms with Crippen molar-refractivity contribution < 1.29 is 4.79 Å². The van der Waals surface area contributed by atoms with Crippen LogP contribution in [-0.2, 0) is 0 Å². The predicted molar refractivity (Wildman–Crippen MR) is 74.6 cm³/mol. The Balaban J connectivity index is 2.12. The van der Waals surface area contributed by atoms with E-state index in [1.165, 1.54) is 11.3 Å². The fraction of sp³-hybridized carbons (Fsp3) is 0.583. The average Bonchev–Trinajstić information content (AvgIpc) is 2.77. The molecule has 0 aliphatic carbocycles. The molecule has 1 N–H and O–H groups in total. The Hall–Kier alpha value is -0.390. The van der Waals surface area contributed by atoms with Gasteiger partial charge in [0.25, 0.3) is 5.91 Å². The number of carbonyl (C=O) groups is 1. The summed E-state index contributed by atoms with van der Waals surface area (Å²) in [7, 11) is 0. The van der Waals surface area contributed by atoms with E-state index in [1.54, 1.807) is 0 Å². The number of carbonyl (C=O) groups excluding carboxylic acids is 1. The van der Waals surface area contributed by atoms with E-state index in [0.717, 1.165) is 41.8 Å². The average molecular weight is 317 g/mol. The summed E-state index contributed by atoms with van der Waals surface area (Å²) in [5.74, 6) is 0.168. The molecule has 2 rings (SSSR count). The van der Waals surface area contributed by atoms with Crippen molar-refractivity contribution >= 4 is 33.2 Å². The first kappa shape index (κ1) is 13.1. The van der Waals surface area contributed by atoms with Crippen molar-refractivity contribution in [1.82, 2.24) is 10.2 Å². The number of thiophene rings is 1. The van der Waals surface area contributed by atoms with Gasteiger partial charge in [-0.1, -0.05) is 0 Å². The molecule has 1 aliphatic heterocycles. The number of amides is 1. The van der Waals surface area contributed by atoms with Gasteiger partial charge in [0, 0.05) is 17.1 Å². The Morgan fingerprint density at radius 2 is 2.29 bits per heavy atom. The minimum atomic E-state index is 0.168. The van der Waals surface area contributed by atoms with Crippen LogP contribution < -0.4 is 5.32 Å². The lowest BCUT2D eigenvalue weighted by Gasteiger charge is -2.33. The van der Waals surface area contributed by atoms with Gasteiger partial charge in [-0.2, -0.15) is 0 Å². The molecule has 1 amide bonds. The molecule has 0 bridgehead atoms. The Labute approximate surface area is 114 Å². The van der Waals surface area contributed by atoms with Gasteiger partial charge in [-0.3, -0.25) is 4.79 Å². The summed E-state index contributed by atoms with van der Waals surface area (Å²) < 4.78 is 0.917. The molecule has 0 radical (unpaired) electrons. The zero-order chi connectivity index (χ0) is 12.3. The zero-order valence-electron chi connectivity index (χ0n) is 9.91. The maximum atomic E-state index is 12.4. The molecule has 0 atom stereocenters. The van der Waals surface area contributed by atoms with Gasteiger partial charge in [0.05, 0.1) is 0 Å². The second-order valence-corrected chi connectivity index (χ2v) is 5.94. The molecule has 0 spiro atoms. The van der Waals surface area contributed by atoms with Crippen LogP contribution >= 0.6 is 27.3 Å². The molecular weight excluding hydrogens is 300 g/mol. The van der Waals surface area contributed by atoms with Crippen LogP contribution in [0.4, 0.5) is 0 Å². The van der Waals surface area contributed by atoms with Crippen molar-refractivity contribution in [2.75, 3.05) is 19.6 Å². The van der Waals surface area contributed by atoms with Crippen LogP contribution in [0, 0.1) is 0 Å². The molecule has 0 aromatic carbocycles. The summed E-state index contributed by atoms with van der Waals surface area (Å²) in [6, 6.07) is 2.33. The fourth-order valence-electron chi connectivity index (χ4n) is 2.26. The Bertz CT molecular complexity index is 388. The summed E-state index contributed by atoms with van der Waals surface area (Å²) in [6.07, 6.45) is 2.12. The smallest absolute Gasteiger partial charge is 0.265 e. The normalized spacial score (nSPS) is 17.1. The van der Waals surface area contributed by atoms with Crippen LogP contribution in [0.5, 0.6) is 0 Å². The highest BCUT2D eigenvalue weighted by Gasteiger charge is 2.26. The first-order valence-electron chi connectivity index (χ1n) is 5.98. The third-order valence-corrected chi connectivity index (χ3v) is 4.99. The van der Waals surface area contributed by atoms with Crippen LogP contribution in [0.15, 0.2) is 15.9 Å². The first-order valence-corrected chi connectivity index (χ1v) is 7.66. The Kier molecular flexibility index (Phi) is 4.59. The number of nitrogens with zero attached hydrogens (tertiary/aromatic N) is 1. The number of hydrogen-bond acceptors (Lipinski definition) is 3. The van der Waals surface area contributed by atoms with Gasteiger partial charge in [0.2, 0.25) is 0 Å². The molecule has 1 aliphatic rings. The van der Waals surface area contributed by atoms with Gasteiger partial charge >= 0.3 is 0 Å². The first-order chi connectivity index (χ1) is 8.24. The summed E-state index contributed by atoms with van der Waals surface area (Å²) in [5, 5.41) is 5.29. The topological polar surface area (TPSA) is 32.3 Å². The van der Waals surface area contributed by atoms with E-state index in [1.807, 2.05) is 16.3 Å². The summed E-state index contributed by atoms with van der Waals surface area (Å²) in [6.45, 7) is 4.87. The highest BCUT2D eigenvalue weighted by Crippen LogP contribution is 2.26. The summed E-state index contributed by atoms with van der Waals surface area (Å²) in [4.78, 5) is 15.3. The van der Waals surface area contributed by atoms with E-state index in [-0.39, 0.29) is 5.91 Å². The molecule has 17 heavy (non-hydrogen) atoms. The second-order valence-electron chi connectivity index (χ2n) is 4.17. The lowest BCUT2D eigenvalue weighted by atomic mass is 10.0. The monoisotopic (exact) mass is 316 g/mol. The number of piperidine rings is 1. The fourth-order valence-corrected chi connectivity index (χ4v) is 3.76. The molecule has 3 nitrogen and oxygen atoms in total. The molecule has 2 heterocycles. The Morgan fingerprint density at radius 1 is 1.59 bits per heavy atom. The van der Waals surface area contributed by atoms with Gasteiger partial charge < -0.3 is 10.2 Å². The minimum Gasteiger partial charge on any atom is -0.335 e. The highest BCUT2D eigenvalue weighted by atomic mass is 79.9. The van der Waals surface area contributed by atoms with Crippen molar-refractivity contribution in [2.24, 2.45) is 0 Å². The van der Waals surface area contributed by atoms with E-state index in [9.17, 15) is 4.79 Å². The van der Waals surface area contributed by atoms with Crippen molar-refractivity contribution in [3.63, 3.8) is 0 Å². The largest absolute Gasteiger partial charge is 0.335 e. The molecule has 0 saturated carbocycles. The summed E-state index contributed by atoms with van der Waals surface area (Å²) in [5.41, 5.74) is 0. The lowest BCUT2D eigenvalue weighted by molar-refractivity contribution is 0.0660. The van der Waals surface area contributed by atoms with E-state index < -0.39 is 0 Å². The second kappa shape index (κ2) is 5.98. The summed E-state index contributed by atoms with van der Waals surface area (Å²) >= 11 is 4.95. The molecule has 1 aromatic rings. The minimum absolute atomic E-state index is 0.168. The van der Waals surface area contributed by atoms with Crippen molar-refractivity contribution in [3.8, 4) is 0 Å². The van der Waals surface area contributed by atoms with E-state index in [2.05, 4.69) is 28.2 Å². The van der Waals surface area contributed by atoms with Gasteiger partial charge in [0.15, 0.2) is 0 Å². The molecule has 1 fully saturated rings. The third kappa shape index (κ3) is 2.89. The van der Waals surface area contributed by atoms with Crippen LogP contribution in [-0.4, -0.2) is 36.5 Å². The van der Waals surface area contributed by atoms with Crippen LogP contribution in [0.3, 0.4) is 0 Å². The van der Waals surface area contributed by atoms with Crippen molar-refractivity contribution in [1.29, 1.82) is 0 Å². The molecule has 0 unspecified atom stereocenters. The molecule has 5 heteroatoms. The van der Waals surface area contributed by atoms with Gasteiger partial charge in [-0.25, -0.2) is 0 Å². The van der Waals surface area contributed by atoms with Crippen molar-refractivity contribution in [3.05, 3.63) is 20.8 Å². The van der Waals surface area contributed by atoms with Crippen molar-refractivity contribution in [2.45, 2.75) is 25.8 Å². The zero-order valence-corrected chi connectivity index (χ0v) is 12.3. The SMILES string of the molecule is CCN(C(=O)c1sccc1Br)C1CCNCC1. The maximum Gasteiger partial charge on any atom is 0.265 e. The quantitative estimate of drug-likeness (QED) is 0.930. The van der Waals surface area contributed by atoms with Gasteiger partial charge in [-0.05, 0) is 60.2 Å². The standard InChI is InChI=1S/C12H17BrN2OS/c1-2-15(9-3-6-14-7-4-9)12(16)11-10(13)5-8-17-11/h5,8-9,14H,2-4,6-7H2,1H3. The number of rotatable bonds is 3. The molecule has 94 valence electrons. The van der Waals surface area contributed by atoms with Gasteiger partial charge in [-0.15, -0.1) is 11.3 Å². The number of hydrogen-bond donors (Lipinski definition) is 1. The Morgan fingerprint density at radius 3 is 2.82 bits per heavy atom. The predicted octanol–water partition coefficient (Wildman–Crippen LogP) is 2.72. The molecule has 1 saturated heterocycles. The van der Waals surface area contributed by atoms with E-state index in [0.29, 0.717) is 6.04 Å². The van der Waals surface area contributed by atoms with E-state index in [4.69, 9.17) is 0 Å². The van der Waals surface area contributed by atoms with Gasteiger partial charge in [0.1, 0.15) is 4.88 Å². The highest BCUT2D eigenvalue weighted by molar-refractivity contribution is 9.10. The van der Waals surface area contributed by atoms with Crippen LogP contribution in [0.2, 0.25) is 0 Å². The van der Waals surface area contributed by atoms with Crippen LogP contribution in [0.1, 0.15) is 29.4 Å². The molecule has 1 aromatic heterocycles. The lowest BCUT2D eigenvalue weighted by Crippen LogP contribution is -2.45. The number of nitrogens with one attached hydrogen (secondary N) is 1. The maximum absolute atomic E-state index is 12.4. The number of halogens is 1.